The highest BCUT2D eigenvalue weighted by atomic mass is 15.2. The first kappa shape index (κ1) is 35.8. The number of fused-ring (bicyclic) bond motifs is 9. The lowest BCUT2D eigenvalue weighted by atomic mass is 9.79. The van der Waals surface area contributed by atoms with E-state index in [1.165, 1.54) is 88.3 Å². The Morgan fingerprint density at radius 2 is 1.23 bits per heavy atom. The van der Waals surface area contributed by atoms with Crippen molar-refractivity contribution in [3.63, 3.8) is 0 Å². The van der Waals surface area contributed by atoms with E-state index in [1.54, 1.807) is 6.20 Å². The highest BCUT2D eigenvalue weighted by Crippen LogP contribution is 2.52. The van der Waals surface area contributed by atoms with Crippen molar-refractivity contribution in [3.05, 3.63) is 216 Å². The molecule has 0 radical (unpaired) electrons. The van der Waals surface area contributed by atoms with Crippen molar-refractivity contribution in [2.45, 2.75) is 32.1 Å². The third-order valence-electron chi connectivity index (χ3n) is 12.7. The third kappa shape index (κ3) is 5.88. The number of rotatable bonds is 7. The van der Waals surface area contributed by atoms with Gasteiger partial charge in [0.1, 0.15) is 0 Å². The van der Waals surface area contributed by atoms with E-state index in [-0.39, 0.29) is 5.41 Å². The molecule has 0 unspecified atom stereocenters. The van der Waals surface area contributed by atoms with E-state index in [4.69, 9.17) is 0 Å². The normalized spacial score (nSPS) is 13.7. The van der Waals surface area contributed by atoms with Crippen molar-refractivity contribution in [1.82, 2.24) is 10.2 Å². The molecule has 60 heavy (non-hydrogen) atoms. The fourth-order valence-electron chi connectivity index (χ4n) is 9.90. The summed E-state index contributed by atoms with van der Waals surface area (Å²) < 4.78 is 0. The SMILES string of the molecule is CC1(C)c2cc(/C=C/c3cc(-c4ccccc4)c4c5c(c6ccccc6c4c3-c3ccccc3)C=CCC5)ccc2-c2ccc(N(c3ccccc3)c3ccnnc3)cc21. The standard InChI is InChI=1S/C57H43N3/c1-57(2)52-34-38(27-30-47(52)48-31-29-43(36-53(48)57)60(42-20-10-5-11-21-42)44-32-33-58-59-37-44)26-28-41-35-51(39-16-6-3-7-17-39)55-49-24-14-12-22-45(49)46-23-13-15-25-50(46)56(55)54(41)40-18-8-4-9-19-40/h3-13,15-23,25-37H,14,24H2,1-2H3/b28-26+. The van der Waals surface area contributed by atoms with Crippen LogP contribution >= 0.6 is 0 Å². The molecule has 0 aliphatic heterocycles. The van der Waals surface area contributed by atoms with E-state index in [1.807, 2.05) is 12.3 Å². The van der Waals surface area contributed by atoms with Crippen molar-refractivity contribution in [1.29, 1.82) is 0 Å². The Hall–Kier alpha value is -7.36. The van der Waals surface area contributed by atoms with Gasteiger partial charge in [-0.05, 0) is 138 Å². The molecule has 9 aromatic rings. The first-order chi connectivity index (χ1) is 29.5. The number of para-hydroxylation sites is 1. The summed E-state index contributed by atoms with van der Waals surface area (Å²) in [6.45, 7) is 4.72. The van der Waals surface area contributed by atoms with Gasteiger partial charge in [0.25, 0.3) is 0 Å². The van der Waals surface area contributed by atoms with E-state index < -0.39 is 0 Å². The average Bonchev–Trinajstić information content (AvgIpc) is 3.53. The Morgan fingerprint density at radius 1 is 0.550 bits per heavy atom. The van der Waals surface area contributed by atoms with Gasteiger partial charge in [-0.15, -0.1) is 0 Å². The molecule has 1 heterocycles. The molecule has 0 spiro atoms. The summed E-state index contributed by atoms with van der Waals surface area (Å²) in [5.74, 6) is 0. The van der Waals surface area contributed by atoms with Crippen molar-refractivity contribution >= 4 is 56.8 Å². The quantitative estimate of drug-likeness (QED) is 0.119. The van der Waals surface area contributed by atoms with Crippen LogP contribution < -0.4 is 4.90 Å². The number of benzene rings is 8. The molecule has 0 bridgehead atoms. The lowest BCUT2D eigenvalue weighted by molar-refractivity contribution is 0.660. The van der Waals surface area contributed by atoms with Crippen LogP contribution in [0, 0.1) is 0 Å². The summed E-state index contributed by atoms with van der Waals surface area (Å²) in [7, 11) is 0. The van der Waals surface area contributed by atoms with Gasteiger partial charge < -0.3 is 4.90 Å². The van der Waals surface area contributed by atoms with Crippen LogP contribution in [-0.4, -0.2) is 10.2 Å². The first-order valence-corrected chi connectivity index (χ1v) is 21.0. The number of nitrogens with zero attached hydrogens (tertiary/aromatic N) is 3. The molecule has 0 N–H and O–H groups in total. The maximum absolute atomic E-state index is 4.23. The van der Waals surface area contributed by atoms with Crippen LogP contribution in [0.4, 0.5) is 17.1 Å². The lowest BCUT2D eigenvalue weighted by Crippen LogP contribution is -2.16. The maximum atomic E-state index is 4.23. The third-order valence-corrected chi connectivity index (χ3v) is 12.7. The molecule has 8 aromatic carbocycles. The monoisotopic (exact) mass is 769 g/mol. The van der Waals surface area contributed by atoms with Crippen LogP contribution in [0.15, 0.2) is 182 Å². The minimum absolute atomic E-state index is 0.214. The van der Waals surface area contributed by atoms with E-state index in [9.17, 15) is 0 Å². The first-order valence-electron chi connectivity index (χ1n) is 21.0. The number of anilines is 3. The van der Waals surface area contributed by atoms with Crippen molar-refractivity contribution in [2.24, 2.45) is 0 Å². The molecule has 1 aromatic heterocycles. The lowest BCUT2D eigenvalue weighted by Gasteiger charge is -2.27. The van der Waals surface area contributed by atoms with Crippen LogP contribution in [-0.2, 0) is 11.8 Å². The minimum Gasteiger partial charge on any atom is -0.309 e. The van der Waals surface area contributed by atoms with Crippen LogP contribution in [0.25, 0.3) is 73.2 Å². The zero-order valence-electron chi connectivity index (χ0n) is 33.8. The van der Waals surface area contributed by atoms with Gasteiger partial charge in [-0.3, -0.25) is 0 Å². The zero-order valence-corrected chi connectivity index (χ0v) is 33.8. The van der Waals surface area contributed by atoms with Gasteiger partial charge in [-0.1, -0.05) is 166 Å². The Labute approximate surface area is 351 Å². The molecule has 0 saturated carbocycles. The number of hydrogen-bond donors (Lipinski definition) is 0. The minimum atomic E-state index is -0.214. The predicted octanol–water partition coefficient (Wildman–Crippen LogP) is 15.0. The summed E-state index contributed by atoms with van der Waals surface area (Å²) in [5, 5.41) is 13.6. The second-order valence-corrected chi connectivity index (χ2v) is 16.5. The molecular weight excluding hydrogens is 727 g/mol. The van der Waals surface area contributed by atoms with Gasteiger partial charge in [-0.25, -0.2) is 0 Å². The molecule has 0 fully saturated rings. The number of hydrogen-bond acceptors (Lipinski definition) is 3. The van der Waals surface area contributed by atoms with Crippen molar-refractivity contribution in [2.75, 3.05) is 4.90 Å². The fourth-order valence-corrected chi connectivity index (χ4v) is 9.90. The summed E-state index contributed by atoms with van der Waals surface area (Å²) in [5.41, 5.74) is 18.4. The van der Waals surface area contributed by atoms with Crippen LogP contribution in [0.1, 0.15) is 53.6 Å². The summed E-state index contributed by atoms with van der Waals surface area (Å²) in [4.78, 5) is 2.26. The molecule has 0 atom stereocenters. The van der Waals surface area contributed by atoms with E-state index in [0.29, 0.717) is 0 Å². The van der Waals surface area contributed by atoms with Gasteiger partial charge in [0.2, 0.25) is 0 Å². The Morgan fingerprint density at radius 3 is 1.98 bits per heavy atom. The highest BCUT2D eigenvalue weighted by molar-refractivity contribution is 6.23. The largest absolute Gasteiger partial charge is 0.309 e. The van der Waals surface area contributed by atoms with Crippen molar-refractivity contribution < 1.29 is 0 Å². The van der Waals surface area contributed by atoms with Gasteiger partial charge in [-0.2, -0.15) is 10.2 Å². The molecule has 0 amide bonds. The average molecular weight is 770 g/mol. The van der Waals surface area contributed by atoms with Crippen LogP contribution in [0.3, 0.4) is 0 Å². The van der Waals surface area contributed by atoms with E-state index in [2.05, 4.69) is 211 Å². The van der Waals surface area contributed by atoms with Crippen LogP contribution in [0.5, 0.6) is 0 Å². The second-order valence-electron chi connectivity index (χ2n) is 16.5. The molecule has 286 valence electrons. The zero-order chi connectivity index (χ0) is 40.2. The van der Waals surface area contributed by atoms with Crippen LogP contribution in [0.2, 0.25) is 0 Å². The van der Waals surface area contributed by atoms with Gasteiger partial charge >= 0.3 is 0 Å². The van der Waals surface area contributed by atoms with Gasteiger partial charge in [0.15, 0.2) is 0 Å². The van der Waals surface area contributed by atoms with E-state index in [0.717, 1.165) is 29.9 Å². The fraction of sp³-hybridized carbons (Fsp3) is 0.0877. The van der Waals surface area contributed by atoms with Crippen molar-refractivity contribution in [3.8, 4) is 33.4 Å². The Bertz CT molecular complexity index is 3110. The Balaban J connectivity index is 1.07. The topological polar surface area (TPSA) is 29.0 Å². The molecular formula is C57H43N3. The van der Waals surface area contributed by atoms with Gasteiger partial charge in [0.05, 0.1) is 18.1 Å². The molecule has 11 rings (SSSR count). The smallest absolute Gasteiger partial charge is 0.0737 e. The molecule has 3 heteroatoms. The summed E-state index contributed by atoms with van der Waals surface area (Å²) in [6, 6.07) is 59.9. The second kappa shape index (κ2) is 14.5. The summed E-state index contributed by atoms with van der Waals surface area (Å²) >= 11 is 0. The molecule has 2 aliphatic carbocycles. The predicted molar refractivity (Wildman–Crippen MR) is 253 cm³/mol. The van der Waals surface area contributed by atoms with E-state index >= 15 is 0 Å². The molecule has 2 aliphatic rings. The molecule has 3 nitrogen and oxygen atoms in total. The summed E-state index contributed by atoms with van der Waals surface area (Å²) in [6.07, 6.45) is 15.0. The van der Waals surface area contributed by atoms with Gasteiger partial charge in [0, 0.05) is 16.8 Å². The maximum Gasteiger partial charge on any atom is 0.0737 e. The number of aryl methyl sites for hydroxylation is 1. The molecule has 0 saturated heterocycles. The Kier molecular flexibility index (Phi) is 8.63. The number of aromatic nitrogens is 2. The highest BCUT2D eigenvalue weighted by Gasteiger charge is 2.36. The number of allylic oxidation sites excluding steroid dienone is 1.